The topological polar surface area (TPSA) is 55.6 Å². The Hall–Kier alpha value is -2.33. The molecule has 2 aromatic rings. The Kier molecular flexibility index (Phi) is 5.47. The van der Waals surface area contributed by atoms with E-state index in [2.05, 4.69) is 4.74 Å². The summed E-state index contributed by atoms with van der Waals surface area (Å²) in [6.45, 7) is 0. The predicted molar refractivity (Wildman–Crippen MR) is 83.7 cm³/mol. The van der Waals surface area contributed by atoms with Crippen LogP contribution in [0.2, 0.25) is 10.0 Å². The molecule has 0 aliphatic rings. The quantitative estimate of drug-likeness (QED) is 0.201. The SMILES string of the molecule is O=[N+]([O-])c1ccc(N(C(F)(F)F)C(F)(F)Oc2ccc(Cl)cc2Cl)cc1. The normalized spacial score (nSPS) is 12.0. The molecule has 0 saturated carbocycles. The van der Waals surface area contributed by atoms with Crippen molar-refractivity contribution in [3.05, 3.63) is 62.6 Å². The van der Waals surface area contributed by atoms with E-state index < -0.39 is 44.5 Å². The highest BCUT2D eigenvalue weighted by Crippen LogP contribution is 2.41. The second-order valence-electron chi connectivity index (χ2n) is 4.74. The summed E-state index contributed by atoms with van der Waals surface area (Å²) in [5, 5.41) is 10.2. The highest BCUT2D eigenvalue weighted by molar-refractivity contribution is 6.35. The molecule has 0 unspecified atom stereocenters. The number of halogens is 7. The van der Waals surface area contributed by atoms with E-state index in [1.807, 2.05) is 0 Å². The first-order valence-corrected chi connectivity index (χ1v) is 7.31. The maximum absolute atomic E-state index is 14.3. The molecule has 26 heavy (non-hydrogen) atoms. The third-order valence-electron chi connectivity index (χ3n) is 2.96. The van der Waals surface area contributed by atoms with E-state index >= 15 is 0 Å². The molecule has 5 nitrogen and oxygen atoms in total. The summed E-state index contributed by atoms with van der Waals surface area (Å²) in [7, 11) is 0. The van der Waals surface area contributed by atoms with Crippen LogP contribution < -0.4 is 9.64 Å². The standard InChI is InChI=1S/C14H7Cl2F5N2O3/c15-8-1-6-12(11(16)7-8)26-14(20,21)22(13(17,18)19)9-2-4-10(5-3-9)23(24)25/h1-7H. The molecule has 0 bridgehead atoms. The number of ether oxygens (including phenoxy) is 1. The Morgan fingerprint density at radius 3 is 2.04 bits per heavy atom. The lowest BCUT2D eigenvalue weighted by Crippen LogP contribution is -2.54. The van der Waals surface area contributed by atoms with Crippen molar-refractivity contribution in [3.8, 4) is 5.75 Å². The van der Waals surface area contributed by atoms with E-state index in [9.17, 15) is 32.1 Å². The monoisotopic (exact) mass is 416 g/mol. The molecule has 0 saturated heterocycles. The lowest BCUT2D eigenvalue weighted by Gasteiger charge is -2.33. The molecule has 0 aromatic heterocycles. The van der Waals surface area contributed by atoms with Gasteiger partial charge in [0.2, 0.25) is 0 Å². The third-order valence-corrected chi connectivity index (χ3v) is 3.49. The van der Waals surface area contributed by atoms with Crippen LogP contribution in [0.4, 0.5) is 33.3 Å². The highest BCUT2D eigenvalue weighted by atomic mass is 35.5. The molecule has 2 rings (SSSR count). The molecular weight excluding hydrogens is 410 g/mol. The molecule has 0 atom stereocenters. The summed E-state index contributed by atoms with van der Waals surface area (Å²) < 4.78 is 72.3. The van der Waals surface area contributed by atoms with Crippen molar-refractivity contribution in [2.24, 2.45) is 0 Å². The molecule has 0 aliphatic carbocycles. The van der Waals surface area contributed by atoms with Crippen LogP contribution in [0.3, 0.4) is 0 Å². The van der Waals surface area contributed by atoms with Crippen LogP contribution in [-0.4, -0.2) is 17.5 Å². The van der Waals surface area contributed by atoms with E-state index in [1.165, 1.54) is 0 Å². The summed E-state index contributed by atoms with van der Waals surface area (Å²) >= 11 is 11.2. The second kappa shape index (κ2) is 7.12. The van der Waals surface area contributed by atoms with Crippen molar-refractivity contribution in [2.45, 2.75) is 12.5 Å². The van der Waals surface area contributed by atoms with E-state index in [0.29, 0.717) is 24.3 Å². The van der Waals surface area contributed by atoms with Crippen molar-refractivity contribution in [2.75, 3.05) is 4.90 Å². The van der Waals surface area contributed by atoms with E-state index in [1.54, 1.807) is 0 Å². The van der Waals surface area contributed by atoms with E-state index in [0.717, 1.165) is 18.2 Å². The summed E-state index contributed by atoms with van der Waals surface area (Å²) in [5.41, 5.74) is -1.64. The Morgan fingerprint density at radius 2 is 1.58 bits per heavy atom. The van der Waals surface area contributed by atoms with Crippen molar-refractivity contribution in [3.63, 3.8) is 0 Å². The van der Waals surface area contributed by atoms with Gasteiger partial charge in [0.1, 0.15) is 5.75 Å². The minimum absolute atomic E-state index is 0.0636. The zero-order valence-electron chi connectivity index (χ0n) is 12.3. The van der Waals surface area contributed by atoms with Crippen LogP contribution in [0.1, 0.15) is 0 Å². The van der Waals surface area contributed by atoms with Crippen LogP contribution in [0.15, 0.2) is 42.5 Å². The number of non-ortho nitro benzene ring substituents is 1. The lowest BCUT2D eigenvalue weighted by atomic mass is 10.2. The zero-order valence-corrected chi connectivity index (χ0v) is 13.8. The number of nitro benzene ring substituents is 1. The number of anilines is 1. The molecular formula is C14H7Cl2F5N2O3. The van der Waals surface area contributed by atoms with Crippen LogP contribution in [0, 0.1) is 10.1 Å². The largest absolute Gasteiger partial charge is 0.503 e. The van der Waals surface area contributed by atoms with Gasteiger partial charge < -0.3 is 4.74 Å². The first-order valence-electron chi connectivity index (χ1n) is 6.55. The molecule has 0 heterocycles. The molecule has 0 radical (unpaired) electrons. The van der Waals surface area contributed by atoms with Crippen LogP contribution >= 0.6 is 23.2 Å². The van der Waals surface area contributed by atoms with Crippen LogP contribution in [-0.2, 0) is 0 Å². The molecule has 140 valence electrons. The Labute approximate surface area is 152 Å². The summed E-state index contributed by atoms with van der Waals surface area (Å²) in [5.74, 6) is -0.739. The number of rotatable bonds is 5. The molecule has 2 aromatic carbocycles. The average molecular weight is 417 g/mol. The fourth-order valence-corrected chi connectivity index (χ4v) is 2.35. The molecule has 0 spiro atoms. The average Bonchev–Trinajstić information content (AvgIpc) is 2.49. The summed E-state index contributed by atoms with van der Waals surface area (Å²) in [4.78, 5) is 8.39. The minimum Gasteiger partial charge on any atom is -0.413 e. The first kappa shape index (κ1) is 20.0. The Morgan fingerprint density at radius 1 is 1.00 bits per heavy atom. The van der Waals surface area contributed by atoms with Crippen LogP contribution in [0.5, 0.6) is 5.75 Å². The number of hydrogen-bond acceptors (Lipinski definition) is 4. The fourth-order valence-electron chi connectivity index (χ4n) is 1.90. The molecule has 0 aliphatic heterocycles. The number of benzene rings is 2. The maximum atomic E-state index is 14.3. The fraction of sp³-hybridized carbons (Fsp3) is 0.143. The third kappa shape index (κ3) is 4.44. The van der Waals surface area contributed by atoms with E-state index in [-0.39, 0.29) is 5.02 Å². The van der Waals surface area contributed by atoms with Crippen molar-refractivity contribution < 1.29 is 31.6 Å². The zero-order chi connectivity index (χ0) is 19.7. The number of alkyl halides is 5. The molecule has 0 N–H and O–H groups in total. The number of nitrogens with zero attached hydrogens (tertiary/aromatic N) is 2. The van der Waals surface area contributed by atoms with Gasteiger partial charge in [0.25, 0.3) is 5.69 Å². The number of nitro groups is 1. The second-order valence-corrected chi connectivity index (χ2v) is 5.58. The Bertz CT molecular complexity index is 815. The lowest BCUT2D eigenvalue weighted by molar-refractivity contribution is -0.384. The maximum Gasteiger partial charge on any atom is 0.503 e. The molecule has 0 fully saturated rings. The van der Waals surface area contributed by atoms with Gasteiger partial charge >= 0.3 is 12.5 Å². The summed E-state index contributed by atoms with van der Waals surface area (Å²) in [6, 6.07) is 5.33. The Balaban J connectivity index is 2.43. The summed E-state index contributed by atoms with van der Waals surface area (Å²) in [6.07, 6.45) is -10.5. The van der Waals surface area contributed by atoms with Gasteiger partial charge in [-0.3, -0.25) is 10.1 Å². The highest BCUT2D eigenvalue weighted by Gasteiger charge is 2.55. The number of hydrogen-bond donors (Lipinski definition) is 0. The van der Waals surface area contributed by atoms with Gasteiger partial charge in [-0.1, -0.05) is 23.2 Å². The first-order chi connectivity index (χ1) is 11.9. The van der Waals surface area contributed by atoms with Gasteiger partial charge in [-0.15, -0.1) is 22.0 Å². The van der Waals surface area contributed by atoms with Gasteiger partial charge in [-0.05, 0) is 30.3 Å². The smallest absolute Gasteiger partial charge is 0.413 e. The van der Waals surface area contributed by atoms with E-state index in [4.69, 9.17) is 23.2 Å². The van der Waals surface area contributed by atoms with Crippen molar-refractivity contribution >= 4 is 34.6 Å². The van der Waals surface area contributed by atoms with Crippen molar-refractivity contribution in [1.29, 1.82) is 0 Å². The van der Waals surface area contributed by atoms with Gasteiger partial charge in [0.15, 0.2) is 0 Å². The minimum atomic E-state index is -5.57. The predicted octanol–water partition coefficient (Wildman–Crippen LogP) is 5.86. The van der Waals surface area contributed by atoms with Gasteiger partial charge in [0.05, 0.1) is 15.6 Å². The van der Waals surface area contributed by atoms with Gasteiger partial charge in [-0.2, -0.15) is 4.90 Å². The van der Waals surface area contributed by atoms with Crippen LogP contribution in [0.25, 0.3) is 0 Å². The van der Waals surface area contributed by atoms with Gasteiger partial charge in [-0.25, -0.2) is 0 Å². The molecule has 0 amide bonds. The van der Waals surface area contributed by atoms with Gasteiger partial charge in [0, 0.05) is 17.2 Å². The molecule has 12 heteroatoms. The van der Waals surface area contributed by atoms with Crippen molar-refractivity contribution in [1.82, 2.24) is 0 Å².